The SMILES string of the molecule is Cc1ccc(C2(NC(=O)c3ccc(N4CCOCC4)cc3)CCC2)cc1. The van der Waals surface area contributed by atoms with E-state index in [1.165, 1.54) is 11.1 Å². The Kier molecular flexibility index (Phi) is 4.68. The molecule has 2 aromatic carbocycles. The normalized spacial score (nSPS) is 18.9. The number of rotatable bonds is 4. The second-order valence-corrected chi connectivity index (χ2v) is 7.40. The molecule has 1 saturated carbocycles. The summed E-state index contributed by atoms with van der Waals surface area (Å²) in [7, 11) is 0. The molecule has 0 aromatic heterocycles. The highest BCUT2D eigenvalue weighted by Gasteiger charge is 2.40. The molecular formula is C22H26N2O2. The molecule has 1 saturated heterocycles. The van der Waals surface area contributed by atoms with Crippen molar-refractivity contribution in [2.24, 2.45) is 0 Å². The van der Waals surface area contributed by atoms with Gasteiger partial charge in [0.25, 0.3) is 5.91 Å². The summed E-state index contributed by atoms with van der Waals surface area (Å²) in [5.74, 6) is 0.0128. The lowest BCUT2D eigenvalue weighted by Crippen LogP contribution is -2.50. The topological polar surface area (TPSA) is 41.6 Å². The van der Waals surface area contributed by atoms with Gasteiger partial charge in [-0.2, -0.15) is 0 Å². The van der Waals surface area contributed by atoms with Gasteiger partial charge < -0.3 is 15.0 Å². The number of amides is 1. The summed E-state index contributed by atoms with van der Waals surface area (Å²) < 4.78 is 5.40. The highest BCUT2D eigenvalue weighted by atomic mass is 16.5. The number of hydrogen-bond acceptors (Lipinski definition) is 3. The molecule has 2 fully saturated rings. The first-order valence-electron chi connectivity index (χ1n) is 9.49. The van der Waals surface area contributed by atoms with Crippen LogP contribution in [0.25, 0.3) is 0 Å². The zero-order chi connectivity index (χ0) is 18.0. The van der Waals surface area contributed by atoms with Crippen LogP contribution in [0.4, 0.5) is 5.69 Å². The van der Waals surface area contributed by atoms with Crippen LogP contribution in [-0.2, 0) is 10.3 Å². The molecule has 2 aliphatic rings. The van der Waals surface area contributed by atoms with Crippen LogP contribution >= 0.6 is 0 Å². The molecule has 0 atom stereocenters. The Morgan fingerprint density at radius 2 is 1.65 bits per heavy atom. The number of hydrogen-bond donors (Lipinski definition) is 1. The van der Waals surface area contributed by atoms with Crippen LogP contribution in [0, 0.1) is 6.92 Å². The fraction of sp³-hybridized carbons (Fsp3) is 0.409. The molecule has 1 aliphatic carbocycles. The lowest BCUT2D eigenvalue weighted by atomic mass is 9.71. The predicted molar refractivity (Wildman–Crippen MR) is 104 cm³/mol. The van der Waals surface area contributed by atoms with Gasteiger partial charge >= 0.3 is 0 Å². The molecule has 2 aromatic rings. The van der Waals surface area contributed by atoms with Gasteiger partial charge in [-0.3, -0.25) is 4.79 Å². The number of ether oxygens (including phenoxy) is 1. The highest BCUT2D eigenvalue weighted by molar-refractivity contribution is 5.95. The molecule has 136 valence electrons. The molecule has 0 bridgehead atoms. The fourth-order valence-electron chi connectivity index (χ4n) is 3.82. The zero-order valence-corrected chi connectivity index (χ0v) is 15.3. The van der Waals surface area contributed by atoms with Gasteiger partial charge in [0.1, 0.15) is 0 Å². The van der Waals surface area contributed by atoms with Gasteiger partial charge in [-0.1, -0.05) is 29.8 Å². The van der Waals surface area contributed by atoms with E-state index in [0.29, 0.717) is 0 Å². The Hall–Kier alpha value is -2.33. The first-order valence-corrected chi connectivity index (χ1v) is 9.49. The van der Waals surface area contributed by atoms with E-state index in [4.69, 9.17) is 4.74 Å². The summed E-state index contributed by atoms with van der Waals surface area (Å²) in [6.45, 7) is 5.43. The monoisotopic (exact) mass is 350 g/mol. The number of carbonyl (C=O) groups is 1. The molecule has 0 radical (unpaired) electrons. The van der Waals surface area contributed by atoms with Crippen molar-refractivity contribution in [1.29, 1.82) is 0 Å². The maximum absolute atomic E-state index is 12.8. The van der Waals surface area contributed by atoms with E-state index >= 15 is 0 Å². The molecule has 26 heavy (non-hydrogen) atoms. The van der Waals surface area contributed by atoms with Gasteiger partial charge in [0.2, 0.25) is 0 Å². The van der Waals surface area contributed by atoms with Gasteiger partial charge in [0.15, 0.2) is 0 Å². The summed E-state index contributed by atoms with van der Waals surface area (Å²) in [6.07, 6.45) is 3.17. The number of nitrogens with one attached hydrogen (secondary N) is 1. The van der Waals surface area contributed by atoms with Crippen LogP contribution in [0.1, 0.15) is 40.7 Å². The van der Waals surface area contributed by atoms with E-state index in [9.17, 15) is 4.79 Å². The lowest BCUT2D eigenvalue weighted by molar-refractivity contribution is 0.0823. The average Bonchev–Trinajstić information content (AvgIpc) is 2.66. The van der Waals surface area contributed by atoms with Gasteiger partial charge in [0, 0.05) is 24.3 Å². The Labute approximate surface area is 155 Å². The Morgan fingerprint density at radius 1 is 1.00 bits per heavy atom. The molecule has 1 aliphatic heterocycles. The van der Waals surface area contributed by atoms with Gasteiger partial charge in [0.05, 0.1) is 18.8 Å². The van der Waals surface area contributed by atoms with Crippen LogP contribution in [0.2, 0.25) is 0 Å². The molecule has 1 amide bonds. The number of carbonyl (C=O) groups excluding carboxylic acids is 1. The van der Waals surface area contributed by atoms with Crippen molar-refractivity contribution in [2.45, 2.75) is 31.7 Å². The summed E-state index contributed by atoms with van der Waals surface area (Å²) in [4.78, 5) is 15.1. The largest absolute Gasteiger partial charge is 0.378 e. The smallest absolute Gasteiger partial charge is 0.251 e. The van der Waals surface area contributed by atoms with Crippen LogP contribution in [0.3, 0.4) is 0 Å². The second-order valence-electron chi connectivity index (χ2n) is 7.40. The number of benzene rings is 2. The van der Waals surface area contributed by atoms with Crippen LogP contribution < -0.4 is 10.2 Å². The Balaban J connectivity index is 1.47. The summed E-state index contributed by atoms with van der Waals surface area (Å²) in [5, 5.41) is 3.31. The van der Waals surface area contributed by atoms with E-state index in [2.05, 4.69) is 41.4 Å². The molecule has 4 heteroatoms. The quantitative estimate of drug-likeness (QED) is 0.915. The molecule has 4 rings (SSSR count). The third-order valence-corrected chi connectivity index (χ3v) is 5.67. The minimum Gasteiger partial charge on any atom is -0.378 e. The number of nitrogens with zero attached hydrogens (tertiary/aromatic N) is 1. The van der Waals surface area contributed by atoms with Crippen molar-refractivity contribution in [3.05, 3.63) is 65.2 Å². The molecule has 1 heterocycles. The minimum atomic E-state index is -0.201. The van der Waals surface area contributed by atoms with Crippen molar-refractivity contribution < 1.29 is 9.53 Å². The van der Waals surface area contributed by atoms with Crippen molar-refractivity contribution in [3.8, 4) is 0 Å². The maximum Gasteiger partial charge on any atom is 0.251 e. The average molecular weight is 350 g/mol. The summed E-state index contributed by atoms with van der Waals surface area (Å²) in [6, 6.07) is 16.5. The minimum absolute atomic E-state index is 0.0128. The van der Waals surface area contributed by atoms with Crippen LogP contribution in [-0.4, -0.2) is 32.2 Å². The molecule has 0 unspecified atom stereocenters. The number of anilines is 1. The molecule has 1 N–H and O–H groups in total. The lowest BCUT2D eigenvalue weighted by Gasteiger charge is -2.43. The number of morpholine rings is 1. The van der Waals surface area contributed by atoms with E-state index in [1.807, 2.05) is 24.3 Å². The standard InChI is InChI=1S/C22H26N2O2/c1-17-3-7-19(8-4-17)22(11-2-12-22)23-21(25)18-5-9-20(10-6-18)24-13-15-26-16-14-24/h3-10H,2,11-16H2,1H3,(H,23,25). The van der Waals surface area contributed by atoms with Crippen molar-refractivity contribution in [3.63, 3.8) is 0 Å². The summed E-state index contributed by atoms with van der Waals surface area (Å²) >= 11 is 0. The van der Waals surface area contributed by atoms with Gasteiger partial charge in [-0.15, -0.1) is 0 Å². The van der Waals surface area contributed by atoms with E-state index < -0.39 is 0 Å². The van der Waals surface area contributed by atoms with Crippen molar-refractivity contribution in [1.82, 2.24) is 5.32 Å². The van der Waals surface area contributed by atoms with E-state index in [-0.39, 0.29) is 11.4 Å². The molecule has 0 spiro atoms. The predicted octanol–water partition coefficient (Wildman–Crippen LogP) is 3.64. The van der Waals surface area contributed by atoms with E-state index in [1.54, 1.807) is 0 Å². The highest BCUT2D eigenvalue weighted by Crippen LogP contribution is 2.41. The van der Waals surface area contributed by atoms with E-state index in [0.717, 1.165) is 56.8 Å². The number of aryl methyl sites for hydroxylation is 1. The van der Waals surface area contributed by atoms with Crippen molar-refractivity contribution in [2.75, 3.05) is 31.2 Å². The Bertz CT molecular complexity index is 758. The molecular weight excluding hydrogens is 324 g/mol. The molecule has 4 nitrogen and oxygen atoms in total. The zero-order valence-electron chi connectivity index (χ0n) is 15.3. The first-order chi connectivity index (χ1) is 12.7. The van der Waals surface area contributed by atoms with Crippen molar-refractivity contribution >= 4 is 11.6 Å². The fourth-order valence-corrected chi connectivity index (χ4v) is 3.82. The first kappa shape index (κ1) is 17.1. The Morgan fingerprint density at radius 3 is 2.23 bits per heavy atom. The third kappa shape index (κ3) is 3.34. The van der Waals surface area contributed by atoms with Gasteiger partial charge in [-0.05, 0) is 56.0 Å². The summed E-state index contributed by atoms with van der Waals surface area (Å²) in [5.41, 5.74) is 4.14. The van der Waals surface area contributed by atoms with Crippen LogP contribution in [0.5, 0.6) is 0 Å². The second kappa shape index (κ2) is 7.12. The third-order valence-electron chi connectivity index (χ3n) is 5.67. The van der Waals surface area contributed by atoms with Gasteiger partial charge in [-0.25, -0.2) is 0 Å². The maximum atomic E-state index is 12.8. The van der Waals surface area contributed by atoms with Crippen LogP contribution in [0.15, 0.2) is 48.5 Å².